The number of alkyl halides is 1. The first kappa shape index (κ1) is 26.3. The number of rotatable bonds is 11. The van der Waals surface area contributed by atoms with Crippen LogP contribution in [-0.4, -0.2) is 36.2 Å². The minimum Gasteiger partial charge on any atom is -0.445 e. The van der Waals surface area contributed by atoms with Crippen molar-refractivity contribution >= 4 is 39.4 Å². The summed E-state index contributed by atoms with van der Waals surface area (Å²) in [5.41, 5.74) is 1.10. The average molecular weight is 527 g/mol. The highest BCUT2D eigenvalue weighted by Gasteiger charge is 2.27. The van der Waals surface area contributed by atoms with Gasteiger partial charge in [-0.05, 0) is 51.4 Å². The molecule has 2 aromatic carbocycles. The molecule has 0 fully saturated rings. The van der Waals surface area contributed by atoms with E-state index in [1.54, 1.807) is 30.1 Å². The van der Waals surface area contributed by atoms with Gasteiger partial charge in [0.2, 0.25) is 0 Å². The zero-order valence-electron chi connectivity index (χ0n) is 18.7. The minimum absolute atomic E-state index is 0.157. The Hall–Kier alpha value is -1.92. The lowest BCUT2D eigenvalue weighted by molar-refractivity contribution is -0.118. The molecule has 0 aromatic heterocycles. The predicted octanol–water partition coefficient (Wildman–Crippen LogP) is 6.94. The van der Waals surface area contributed by atoms with E-state index < -0.39 is 11.7 Å². The monoisotopic (exact) mass is 525 g/mol. The van der Waals surface area contributed by atoms with Crippen molar-refractivity contribution in [1.82, 2.24) is 4.90 Å². The molecule has 0 aliphatic carbocycles. The van der Waals surface area contributed by atoms with Crippen molar-refractivity contribution in [3.8, 4) is 0 Å². The minimum atomic E-state index is -0.589. The quantitative estimate of drug-likeness (QED) is 0.298. The summed E-state index contributed by atoms with van der Waals surface area (Å²) in [6.07, 6.45) is 1.56. The summed E-state index contributed by atoms with van der Waals surface area (Å²) >= 11 is 8.98. The van der Waals surface area contributed by atoms with Crippen LogP contribution < -0.4 is 0 Å². The molecule has 7 heteroatoms. The van der Waals surface area contributed by atoms with E-state index in [9.17, 15) is 14.0 Å². The van der Waals surface area contributed by atoms with E-state index in [1.165, 1.54) is 0 Å². The summed E-state index contributed by atoms with van der Waals surface area (Å²) in [4.78, 5) is 26.3. The third kappa shape index (κ3) is 7.89. The summed E-state index contributed by atoms with van der Waals surface area (Å²) in [5, 5.41) is 0. The predicted molar refractivity (Wildman–Crippen MR) is 129 cm³/mol. The summed E-state index contributed by atoms with van der Waals surface area (Å²) in [6, 6.07) is 14.5. The lowest BCUT2D eigenvalue weighted by Crippen LogP contribution is -2.36. The molecule has 0 radical (unpaired) electrons. The van der Waals surface area contributed by atoms with Crippen molar-refractivity contribution in [3.63, 3.8) is 0 Å². The van der Waals surface area contributed by atoms with E-state index in [2.05, 4.69) is 29.8 Å². The second-order valence-corrected chi connectivity index (χ2v) is 9.87. The van der Waals surface area contributed by atoms with Gasteiger partial charge in [-0.2, -0.15) is 0 Å². The topological polar surface area (TPSA) is 46.6 Å². The van der Waals surface area contributed by atoms with Crippen LogP contribution in [0.1, 0.15) is 50.2 Å². The van der Waals surface area contributed by atoms with Crippen molar-refractivity contribution < 1.29 is 18.7 Å². The van der Waals surface area contributed by atoms with Gasteiger partial charge in [-0.1, -0.05) is 62.7 Å². The first-order valence-corrected chi connectivity index (χ1v) is 11.9. The van der Waals surface area contributed by atoms with Gasteiger partial charge in [-0.3, -0.25) is 4.79 Å². The van der Waals surface area contributed by atoms with Gasteiger partial charge in [0.15, 0.2) is 5.78 Å². The number of carbonyl (C=O) groups excluding carboxylic acids is 2. The number of benzene rings is 2. The fraction of sp³-hybridized carbons (Fsp3) is 0.440. The maximum Gasteiger partial charge on any atom is 0.409 e. The summed E-state index contributed by atoms with van der Waals surface area (Å²) in [7, 11) is 1.71. The average Bonchev–Trinajstić information content (AvgIpc) is 2.77. The van der Waals surface area contributed by atoms with Crippen molar-refractivity contribution in [2.75, 3.05) is 19.5 Å². The van der Waals surface area contributed by atoms with Crippen molar-refractivity contribution in [3.05, 3.63) is 69.9 Å². The molecule has 0 spiro atoms. The second kappa shape index (κ2) is 12.4. The van der Waals surface area contributed by atoms with Crippen LogP contribution >= 0.6 is 27.5 Å². The Kier molecular flexibility index (Phi) is 10.2. The van der Waals surface area contributed by atoms with E-state index in [4.69, 9.17) is 16.3 Å². The van der Waals surface area contributed by atoms with Gasteiger partial charge in [-0.15, -0.1) is 11.6 Å². The highest BCUT2D eigenvalue weighted by molar-refractivity contribution is 9.10. The summed E-state index contributed by atoms with van der Waals surface area (Å²) < 4.78 is 20.3. The number of hydrogen-bond acceptors (Lipinski definition) is 3. The van der Waals surface area contributed by atoms with Gasteiger partial charge in [0.05, 0.1) is 10.4 Å². The van der Waals surface area contributed by atoms with Crippen molar-refractivity contribution in [2.45, 2.75) is 45.6 Å². The standard InChI is InChI=1S/C25H30BrClFNO3/c1-25(2,17-29(3)24(31)32-16-18-9-5-4-6-10-18)14-8-12-19(22(30)15-27)20-11-7-13-21(26)23(20)28/h4-7,9-11,13,19H,8,12,14-17H2,1-3H3. The molecule has 2 aromatic rings. The number of nitrogens with zero attached hydrogens (tertiary/aromatic N) is 1. The number of hydrogen-bond donors (Lipinski definition) is 0. The Morgan fingerprint density at radius 2 is 1.84 bits per heavy atom. The molecule has 1 unspecified atom stereocenters. The first-order chi connectivity index (χ1) is 15.1. The van der Waals surface area contributed by atoms with Gasteiger partial charge in [0, 0.05) is 19.5 Å². The molecule has 174 valence electrons. The SMILES string of the molecule is CN(CC(C)(C)CCCC(C(=O)CCl)c1cccc(Br)c1F)C(=O)OCc1ccccc1. The number of carbonyl (C=O) groups is 2. The maximum atomic E-state index is 14.6. The Morgan fingerprint density at radius 1 is 1.16 bits per heavy atom. The Bertz CT molecular complexity index is 907. The second-order valence-electron chi connectivity index (χ2n) is 8.75. The van der Waals surface area contributed by atoms with E-state index in [1.807, 2.05) is 30.3 Å². The van der Waals surface area contributed by atoms with E-state index >= 15 is 0 Å². The Balaban J connectivity index is 1.90. The smallest absolute Gasteiger partial charge is 0.409 e. The van der Waals surface area contributed by atoms with Crippen LogP contribution in [0, 0.1) is 11.2 Å². The normalized spacial score (nSPS) is 12.3. The maximum absolute atomic E-state index is 14.6. The van der Waals surface area contributed by atoms with Crippen LogP contribution in [-0.2, 0) is 16.1 Å². The molecule has 0 bridgehead atoms. The molecule has 0 N–H and O–H groups in total. The number of halogens is 3. The summed E-state index contributed by atoms with van der Waals surface area (Å²) in [5.74, 6) is -1.36. The van der Waals surface area contributed by atoms with E-state index in [0.29, 0.717) is 29.4 Å². The zero-order valence-corrected chi connectivity index (χ0v) is 21.1. The molecule has 2 rings (SSSR count). The molecule has 1 amide bonds. The number of ether oxygens (including phenoxy) is 1. The van der Waals surface area contributed by atoms with Gasteiger partial charge in [-0.25, -0.2) is 9.18 Å². The van der Waals surface area contributed by atoms with Crippen LogP contribution in [0.5, 0.6) is 0 Å². The molecule has 1 atom stereocenters. The van der Waals surface area contributed by atoms with Crippen LogP contribution in [0.4, 0.5) is 9.18 Å². The van der Waals surface area contributed by atoms with E-state index in [0.717, 1.165) is 12.0 Å². The highest BCUT2D eigenvalue weighted by atomic mass is 79.9. The fourth-order valence-corrected chi connectivity index (χ4v) is 4.34. The molecule has 0 saturated heterocycles. The van der Waals surface area contributed by atoms with Crippen molar-refractivity contribution in [1.29, 1.82) is 0 Å². The fourth-order valence-electron chi connectivity index (χ4n) is 3.77. The molecule has 32 heavy (non-hydrogen) atoms. The number of amides is 1. The lowest BCUT2D eigenvalue weighted by atomic mass is 9.83. The van der Waals surface area contributed by atoms with E-state index in [-0.39, 0.29) is 29.8 Å². The lowest BCUT2D eigenvalue weighted by Gasteiger charge is -2.30. The molecule has 0 aliphatic heterocycles. The van der Waals surface area contributed by atoms with Crippen LogP contribution in [0.25, 0.3) is 0 Å². The van der Waals surface area contributed by atoms with Gasteiger partial charge in [0.1, 0.15) is 12.4 Å². The Morgan fingerprint density at radius 3 is 2.50 bits per heavy atom. The molecular formula is C25H30BrClFNO3. The van der Waals surface area contributed by atoms with Crippen LogP contribution in [0.15, 0.2) is 53.0 Å². The largest absolute Gasteiger partial charge is 0.445 e. The van der Waals surface area contributed by atoms with Crippen LogP contribution in [0.3, 0.4) is 0 Å². The first-order valence-electron chi connectivity index (χ1n) is 10.6. The summed E-state index contributed by atoms with van der Waals surface area (Å²) in [6.45, 7) is 4.85. The van der Waals surface area contributed by atoms with Gasteiger partial charge < -0.3 is 9.64 Å². The molecule has 4 nitrogen and oxygen atoms in total. The molecular weight excluding hydrogens is 497 g/mol. The van der Waals surface area contributed by atoms with Crippen LogP contribution in [0.2, 0.25) is 0 Å². The number of Topliss-reactive ketones (excluding diaryl/α,β-unsaturated/α-hetero) is 1. The Labute approximate surface area is 203 Å². The van der Waals surface area contributed by atoms with Crippen molar-refractivity contribution in [2.24, 2.45) is 5.41 Å². The highest BCUT2D eigenvalue weighted by Crippen LogP contribution is 2.32. The third-order valence-corrected chi connectivity index (χ3v) is 6.28. The number of ketones is 1. The molecule has 0 heterocycles. The van der Waals surface area contributed by atoms with Gasteiger partial charge >= 0.3 is 6.09 Å². The third-order valence-electron chi connectivity index (χ3n) is 5.41. The zero-order chi connectivity index (χ0) is 23.7. The molecule has 0 aliphatic rings. The molecule has 0 saturated carbocycles. The van der Waals surface area contributed by atoms with Gasteiger partial charge in [0.25, 0.3) is 0 Å².